The van der Waals surface area contributed by atoms with Gasteiger partial charge in [0.1, 0.15) is 5.00 Å². The average molecular weight is 415 g/mol. The summed E-state index contributed by atoms with van der Waals surface area (Å²) in [4.78, 5) is 38.4. The van der Waals surface area contributed by atoms with Crippen LogP contribution in [0, 0.1) is 13.8 Å². The molecule has 2 N–H and O–H groups in total. The number of hydrogen-bond acceptors (Lipinski definition) is 5. The highest BCUT2D eigenvalue weighted by molar-refractivity contribution is 7.18. The smallest absolute Gasteiger partial charge is 0.341 e. The summed E-state index contributed by atoms with van der Waals surface area (Å²) in [5.41, 5.74) is 2.30. The molecule has 0 bridgehead atoms. The van der Waals surface area contributed by atoms with Crippen LogP contribution < -0.4 is 10.6 Å². The first kappa shape index (κ1) is 21.0. The minimum Gasteiger partial charge on any atom is -0.462 e. The molecule has 1 fully saturated rings. The van der Waals surface area contributed by atoms with Gasteiger partial charge in [0.25, 0.3) is 11.8 Å². The van der Waals surface area contributed by atoms with Crippen LogP contribution in [-0.4, -0.2) is 30.4 Å². The van der Waals surface area contributed by atoms with E-state index in [0.29, 0.717) is 21.0 Å². The van der Waals surface area contributed by atoms with Crippen LogP contribution in [0.1, 0.15) is 74.1 Å². The van der Waals surface area contributed by atoms with Crippen LogP contribution in [0.5, 0.6) is 0 Å². The van der Waals surface area contributed by atoms with E-state index in [1.165, 1.54) is 0 Å². The van der Waals surface area contributed by atoms with Crippen molar-refractivity contribution in [1.82, 2.24) is 5.32 Å². The summed E-state index contributed by atoms with van der Waals surface area (Å²) >= 11 is 1.11. The quantitative estimate of drug-likeness (QED) is 0.683. The molecule has 6 nitrogen and oxygen atoms in total. The van der Waals surface area contributed by atoms with Crippen molar-refractivity contribution in [1.29, 1.82) is 0 Å². The number of hydrogen-bond donors (Lipinski definition) is 2. The molecule has 0 atom stereocenters. The first-order valence-electron chi connectivity index (χ1n) is 9.90. The summed E-state index contributed by atoms with van der Waals surface area (Å²) in [6.07, 6.45) is 4.16. The summed E-state index contributed by atoms with van der Waals surface area (Å²) < 4.78 is 5.16. The molecule has 1 aromatic carbocycles. The third-order valence-electron chi connectivity index (χ3n) is 5.06. The van der Waals surface area contributed by atoms with Gasteiger partial charge in [-0.25, -0.2) is 4.79 Å². The predicted molar refractivity (Wildman–Crippen MR) is 114 cm³/mol. The van der Waals surface area contributed by atoms with Crippen molar-refractivity contribution in [3.05, 3.63) is 51.4 Å². The van der Waals surface area contributed by atoms with Gasteiger partial charge in [0.05, 0.1) is 17.0 Å². The largest absolute Gasteiger partial charge is 0.462 e. The number of aryl methyl sites for hydroxylation is 1. The molecule has 3 rings (SSSR count). The van der Waals surface area contributed by atoms with Crippen LogP contribution in [-0.2, 0) is 4.74 Å². The van der Waals surface area contributed by atoms with Crippen molar-refractivity contribution in [3.8, 4) is 0 Å². The van der Waals surface area contributed by atoms with E-state index in [2.05, 4.69) is 10.6 Å². The minimum absolute atomic E-state index is 0.167. The molecular formula is C22H26N2O4S. The van der Waals surface area contributed by atoms with Gasteiger partial charge in [-0.15, -0.1) is 11.3 Å². The Kier molecular flexibility index (Phi) is 6.69. The number of carbonyl (C=O) groups excluding carboxylic acids is 3. The number of thiophene rings is 1. The highest BCUT2D eigenvalue weighted by Crippen LogP contribution is 2.34. The number of anilines is 1. The molecule has 1 saturated carbocycles. The fourth-order valence-electron chi connectivity index (χ4n) is 3.47. The van der Waals surface area contributed by atoms with Crippen molar-refractivity contribution in [2.75, 3.05) is 11.9 Å². The van der Waals surface area contributed by atoms with Crippen LogP contribution in [0.25, 0.3) is 0 Å². The zero-order chi connectivity index (χ0) is 21.0. The lowest BCUT2D eigenvalue weighted by atomic mass is 10.1. The lowest BCUT2D eigenvalue weighted by molar-refractivity contribution is 0.0527. The molecule has 1 heterocycles. The standard InChI is InChI=1S/C22H26N2O4S/c1-4-28-22(27)17-14(3)18(20(26)23-16-7-5-6-8-16)29-21(17)24-19(25)15-11-9-13(2)10-12-15/h9-12,16H,4-8H2,1-3H3,(H,23,26)(H,24,25). The molecule has 0 aliphatic heterocycles. The number of amides is 2. The molecule has 1 aliphatic rings. The second-order valence-corrected chi connectivity index (χ2v) is 8.28. The number of nitrogens with one attached hydrogen (secondary N) is 2. The molecule has 29 heavy (non-hydrogen) atoms. The van der Waals surface area contributed by atoms with Gasteiger partial charge in [-0.05, 0) is 51.3 Å². The Labute approximate surface area is 174 Å². The monoisotopic (exact) mass is 414 g/mol. The maximum absolute atomic E-state index is 12.8. The second-order valence-electron chi connectivity index (χ2n) is 7.26. The van der Waals surface area contributed by atoms with Gasteiger partial charge in [-0.3, -0.25) is 9.59 Å². The van der Waals surface area contributed by atoms with Crippen molar-refractivity contribution >= 4 is 34.1 Å². The fraction of sp³-hybridized carbons (Fsp3) is 0.409. The summed E-state index contributed by atoms with van der Waals surface area (Å²) in [6, 6.07) is 7.31. The number of esters is 1. The third kappa shape index (κ3) is 4.85. The number of carbonyl (C=O) groups is 3. The predicted octanol–water partition coefficient (Wildman–Crippen LogP) is 4.47. The highest BCUT2D eigenvalue weighted by Gasteiger charge is 2.28. The van der Waals surface area contributed by atoms with Crippen molar-refractivity contribution in [2.45, 2.75) is 52.5 Å². The molecular weight excluding hydrogens is 388 g/mol. The van der Waals surface area contributed by atoms with Crippen molar-refractivity contribution < 1.29 is 19.1 Å². The normalized spacial score (nSPS) is 13.9. The summed E-state index contributed by atoms with van der Waals surface area (Å²) in [5.74, 6) is -1.08. The van der Waals surface area contributed by atoms with Crippen molar-refractivity contribution in [2.24, 2.45) is 0 Å². The van der Waals surface area contributed by atoms with Crippen LogP contribution in [0.2, 0.25) is 0 Å². The Balaban J connectivity index is 1.89. The van der Waals surface area contributed by atoms with E-state index in [9.17, 15) is 14.4 Å². The number of rotatable bonds is 6. The van der Waals surface area contributed by atoms with Gasteiger partial charge in [0.15, 0.2) is 0 Å². The van der Waals surface area contributed by atoms with E-state index >= 15 is 0 Å². The van der Waals surface area contributed by atoms with Gasteiger partial charge in [-0.1, -0.05) is 30.5 Å². The summed E-state index contributed by atoms with van der Waals surface area (Å²) in [5, 5.41) is 6.18. The van der Waals surface area contributed by atoms with E-state index in [-0.39, 0.29) is 30.0 Å². The SMILES string of the molecule is CCOC(=O)c1c(NC(=O)c2ccc(C)cc2)sc(C(=O)NC2CCCC2)c1C. The fourth-order valence-corrected chi connectivity index (χ4v) is 4.56. The highest BCUT2D eigenvalue weighted by atomic mass is 32.1. The molecule has 7 heteroatoms. The minimum atomic E-state index is -0.541. The average Bonchev–Trinajstić information content (AvgIpc) is 3.30. The van der Waals surface area contributed by atoms with Gasteiger partial charge >= 0.3 is 5.97 Å². The van der Waals surface area contributed by atoms with E-state index in [1.54, 1.807) is 26.0 Å². The lowest BCUT2D eigenvalue weighted by Crippen LogP contribution is -2.32. The molecule has 2 aromatic rings. The Morgan fingerprint density at radius 1 is 1.07 bits per heavy atom. The molecule has 1 aromatic heterocycles. The van der Waals surface area contributed by atoms with E-state index in [1.807, 2.05) is 19.1 Å². The first-order chi connectivity index (χ1) is 13.9. The summed E-state index contributed by atoms with van der Waals surface area (Å²) in [6.45, 7) is 5.59. The molecule has 0 unspecified atom stereocenters. The maximum Gasteiger partial charge on any atom is 0.341 e. The van der Waals surface area contributed by atoms with E-state index in [4.69, 9.17) is 4.74 Å². The zero-order valence-electron chi connectivity index (χ0n) is 17.0. The molecule has 0 saturated heterocycles. The number of benzene rings is 1. The van der Waals surface area contributed by atoms with Crippen molar-refractivity contribution in [3.63, 3.8) is 0 Å². The van der Waals surface area contributed by atoms with Gasteiger partial charge in [-0.2, -0.15) is 0 Å². The molecule has 0 spiro atoms. The number of ether oxygens (including phenoxy) is 1. The van der Waals surface area contributed by atoms with E-state index in [0.717, 1.165) is 42.6 Å². The Bertz CT molecular complexity index is 912. The Hall–Kier alpha value is -2.67. The maximum atomic E-state index is 12.8. The molecule has 0 radical (unpaired) electrons. The van der Waals surface area contributed by atoms with Gasteiger partial charge < -0.3 is 15.4 Å². The Morgan fingerprint density at radius 3 is 2.34 bits per heavy atom. The molecule has 2 amide bonds. The zero-order valence-corrected chi connectivity index (χ0v) is 17.8. The topological polar surface area (TPSA) is 84.5 Å². The van der Waals surface area contributed by atoms with Crippen LogP contribution in [0.3, 0.4) is 0 Å². The second kappa shape index (κ2) is 9.22. The van der Waals surface area contributed by atoms with Crippen LogP contribution >= 0.6 is 11.3 Å². The third-order valence-corrected chi connectivity index (χ3v) is 6.27. The van der Waals surface area contributed by atoms with Crippen LogP contribution in [0.15, 0.2) is 24.3 Å². The summed E-state index contributed by atoms with van der Waals surface area (Å²) in [7, 11) is 0. The molecule has 154 valence electrons. The van der Waals surface area contributed by atoms with Gasteiger partial charge in [0.2, 0.25) is 0 Å². The first-order valence-corrected chi connectivity index (χ1v) is 10.7. The van der Waals surface area contributed by atoms with Crippen LogP contribution in [0.4, 0.5) is 5.00 Å². The van der Waals surface area contributed by atoms with E-state index < -0.39 is 5.97 Å². The Morgan fingerprint density at radius 2 is 1.72 bits per heavy atom. The molecule has 1 aliphatic carbocycles. The lowest BCUT2D eigenvalue weighted by Gasteiger charge is -2.11. The van der Waals surface area contributed by atoms with Gasteiger partial charge in [0, 0.05) is 11.6 Å².